The third-order valence-corrected chi connectivity index (χ3v) is 4.67. The highest BCUT2D eigenvalue weighted by Gasteiger charge is 2.35. The molecule has 0 radical (unpaired) electrons. The van der Waals surface area contributed by atoms with E-state index in [2.05, 4.69) is 10.4 Å². The minimum Gasteiger partial charge on any atom is -0.370 e. The van der Waals surface area contributed by atoms with Gasteiger partial charge in [-0.3, -0.25) is 0 Å². The van der Waals surface area contributed by atoms with Crippen LogP contribution in [-0.4, -0.2) is 16.3 Å². The van der Waals surface area contributed by atoms with Gasteiger partial charge in [0.2, 0.25) is 0 Å². The summed E-state index contributed by atoms with van der Waals surface area (Å²) in [4.78, 5) is 0. The fourth-order valence-corrected chi connectivity index (χ4v) is 3.44. The summed E-state index contributed by atoms with van der Waals surface area (Å²) < 4.78 is 55.6. The number of nitrogens with one attached hydrogen (secondary N) is 1. The summed E-state index contributed by atoms with van der Waals surface area (Å²) in [7, 11) is 0. The lowest BCUT2D eigenvalue weighted by molar-refractivity contribution is -0.137. The second-order valence-corrected chi connectivity index (χ2v) is 6.50. The van der Waals surface area contributed by atoms with Crippen LogP contribution in [0.2, 0.25) is 0 Å². The number of hydrogen-bond acceptors (Lipinski definition) is 2. The third kappa shape index (κ3) is 3.29. The highest BCUT2D eigenvalue weighted by molar-refractivity contribution is 5.71. The average molecular weight is 375 g/mol. The van der Waals surface area contributed by atoms with Crippen molar-refractivity contribution in [3.63, 3.8) is 0 Å². The van der Waals surface area contributed by atoms with Gasteiger partial charge in [-0.1, -0.05) is 24.3 Å². The Morgan fingerprint density at radius 1 is 1.00 bits per heavy atom. The van der Waals surface area contributed by atoms with Crippen molar-refractivity contribution in [3.05, 3.63) is 65.5 Å². The fraction of sp³-hybridized carbons (Fsp3) is 0.250. The van der Waals surface area contributed by atoms with Crippen molar-refractivity contribution in [3.8, 4) is 16.9 Å². The Morgan fingerprint density at radius 3 is 2.59 bits per heavy atom. The molecule has 0 unspecified atom stereocenters. The number of halogens is 4. The maximum absolute atomic E-state index is 13.7. The Hall–Kier alpha value is -2.83. The lowest BCUT2D eigenvalue weighted by Gasteiger charge is -2.15. The van der Waals surface area contributed by atoms with Crippen LogP contribution < -0.4 is 5.32 Å². The Kier molecular flexibility index (Phi) is 4.37. The van der Waals surface area contributed by atoms with Gasteiger partial charge in [0, 0.05) is 17.7 Å². The van der Waals surface area contributed by atoms with Gasteiger partial charge in [-0.05, 0) is 43.5 Å². The fourth-order valence-electron chi connectivity index (χ4n) is 3.44. The molecule has 1 N–H and O–H groups in total. The Labute approximate surface area is 153 Å². The number of benzene rings is 2. The zero-order valence-electron chi connectivity index (χ0n) is 14.4. The summed E-state index contributed by atoms with van der Waals surface area (Å²) in [5, 5.41) is 7.69. The molecule has 0 saturated carbocycles. The molecule has 0 fully saturated rings. The average Bonchev–Trinajstić information content (AvgIpc) is 2.82. The normalized spacial score (nSPS) is 14.4. The van der Waals surface area contributed by atoms with Crippen LogP contribution in [0.15, 0.2) is 48.5 Å². The highest BCUT2D eigenvalue weighted by Crippen LogP contribution is 2.38. The second-order valence-electron chi connectivity index (χ2n) is 6.50. The van der Waals surface area contributed by atoms with Crippen LogP contribution >= 0.6 is 0 Å². The lowest BCUT2D eigenvalue weighted by Crippen LogP contribution is -2.14. The van der Waals surface area contributed by atoms with Crippen LogP contribution in [-0.2, 0) is 12.6 Å². The number of hydrogen-bond donors (Lipinski definition) is 1. The van der Waals surface area contributed by atoms with E-state index in [0.717, 1.165) is 24.5 Å². The highest BCUT2D eigenvalue weighted by atomic mass is 19.4. The van der Waals surface area contributed by atoms with Crippen molar-refractivity contribution in [2.75, 3.05) is 11.9 Å². The number of nitrogens with zero attached hydrogens (tertiary/aromatic N) is 2. The first-order valence-electron chi connectivity index (χ1n) is 8.73. The Morgan fingerprint density at radius 2 is 1.81 bits per heavy atom. The van der Waals surface area contributed by atoms with E-state index in [1.165, 1.54) is 28.9 Å². The first-order chi connectivity index (χ1) is 12.9. The summed E-state index contributed by atoms with van der Waals surface area (Å²) in [5.41, 5.74) is 1.08. The molecule has 27 heavy (non-hydrogen) atoms. The van der Waals surface area contributed by atoms with Crippen molar-refractivity contribution in [2.45, 2.75) is 25.4 Å². The molecular formula is C20H17F4N3. The molecule has 1 aromatic heterocycles. The van der Waals surface area contributed by atoms with E-state index in [-0.39, 0.29) is 5.69 Å². The molecule has 4 rings (SSSR count). The Balaban J connectivity index is 1.96. The van der Waals surface area contributed by atoms with E-state index in [0.29, 0.717) is 30.0 Å². The van der Waals surface area contributed by atoms with E-state index in [1.807, 2.05) is 0 Å². The molecule has 7 heteroatoms. The molecule has 1 aliphatic rings. The summed E-state index contributed by atoms with van der Waals surface area (Å²) in [6.07, 6.45) is -2.05. The van der Waals surface area contributed by atoms with E-state index in [4.69, 9.17) is 0 Å². The molecule has 0 amide bonds. The van der Waals surface area contributed by atoms with Gasteiger partial charge >= 0.3 is 6.18 Å². The zero-order valence-corrected chi connectivity index (χ0v) is 14.4. The molecule has 2 heterocycles. The predicted octanol–water partition coefficient (Wildman–Crippen LogP) is 5.45. The van der Waals surface area contributed by atoms with Crippen molar-refractivity contribution in [2.24, 2.45) is 0 Å². The minimum absolute atomic E-state index is 0.0432. The molecule has 2 aromatic carbocycles. The van der Waals surface area contributed by atoms with E-state index in [9.17, 15) is 17.6 Å². The lowest BCUT2D eigenvalue weighted by atomic mass is 10.0. The SMILES string of the molecule is Fc1cccc(-c2nn(-c3ccccc3C(F)(F)F)c3c2CCCCN3)c1. The molecule has 3 aromatic rings. The summed E-state index contributed by atoms with van der Waals surface area (Å²) >= 11 is 0. The monoisotopic (exact) mass is 375 g/mol. The molecular weight excluding hydrogens is 358 g/mol. The summed E-state index contributed by atoms with van der Waals surface area (Å²) in [5.74, 6) is 0.136. The number of fused-ring (bicyclic) bond motifs is 1. The quantitative estimate of drug-likeness (QED) is 0.604. The summed E-state index contributed by atoms with van der Waals surface area (Å²) in [6, 6.07) is 11.3. The van der Waals surface area contributed by atoms with Gasteiger partial charge in [0.05, 0.1) is 16.9 Å². The van der Waals surface area contributed by atoms with Gasteiger partial charge in [0.15, 0.2) is 0 Å². The molecule has 0 aliphatic carbocycles. The second kappa shape index (κ2) is 6.72. The smallest absolute Gasteiger partial charge is 0.370 e. The molecule has 0 atom stereocenters. The minimum atomic E-state index is -4.50. The molecule has 140 valence electrons. The number of alkyl halides is 3. The maximum Gasteiger partial charge on any atom is 0.418 e. The van der Waals surface area contributed by atoms with Gasteiger partial charge in [0.25, 0.3) is 0 Å². The topological polar surface area (TPSA) is 29.9 Å². The van der Waals surface area contributed by atoms with Crippen molar-refractivity contribution >= 4 is 5.82 Å². The van der Waals surface area contributed by atoms with E-state index >= 15 is 0 Å². The molecule has 0 saturated heterocycles. The van der Waals surface area contributed by atoms with Gasteiger partial charge in [0.1, 0.15) is 11.6 Å². The Bertz CT molecular complexity index is 976. The van der Waals surface area contributed by atoms with Gasteiger partial charge in [-0.2, -0.15) is 18.3 Å². The summed E-state index contributed by atoms with van der Waals surface area (Å²) in [6.45, 7) is 0.648. The van der Waals surface area contributed by atoms with Crippen molar-refractivity contribution in [1.29, 1.82) is 0 Å². The number of rotatable bonds is 2. The first kappa shape index (κ1) is 17.6. The van der Waals surface area contributed by atoms with Gasteiger partial charge < -0.3 is 5.32 Å². The zero-order chi connectivity index (χ0) is 19.0. The van der Waals surface area contributed by atoms with Crippen molar-refractivity contribution in [1.82, 2.24) is 9.78 Å². The molecule has 3 nitrogen and oxygen atoms in total. The van der Waals surface area contributed by atoms with Crippen LogP contribution in [0.4, 0.5) is 23.4 Å². The standard InChI is InChI=1S/C20H17F4N3/c21-14-7-5-6-13(12-14)18-15-8-3-4-11-25-19(15)27(26-18)17-10-2-1-9-16(17)20(22,23)24/h1-2,5-7,9-10,12,25H,3-4,8,11H2. The van der Waals surface area contributed by atoms with Gasteiger partial charge in [-0.25, -0.2) is 9.07 Å². The first-order valence-corrected chi connectivity index (χ1v) is 8.73. The largest absolute Gasteiger partial charge is 0.418 e. The van der Waals surface area contributed by atoms with Crippen LogP contribution in [0.5, 0.6) is 0 Å². The van der Waals surface area contributed by atoms with Crippen LogP contribution in [0, 0.1) is 5.82 Å². The number of para-hydroxylation sites is 1. The third-order valence-electron chi connectivity index (χ3n) is 4.67. The number of aromatic nitrogens is 2. The predicted molar refractivity (Wildman–Crippen MR) is 95.4 cm³/mol. The van der Waals surface area contributed by atoms with E-state index in [1.54, 1.807) is 18.2 Å². The van der Waals surface area contributed by atoms with E-state index < -0.39 is 17.6 Å². The molecule has 0 spiro atoms. The van der Waals surface area contributed by atoms with Crippen LogP contribution in [0.3, 0.4) is 0 Å². The van der Waals surface area contributed by atoms with Gasteiger partial charge in [-0.15, -0.1) is 0 Å². The molecule has 0 bridgehead atoms. The van der Waals surface area contributed by atoms with Crippen LogP contribution in [0.25, 0.3) is 16.9 Å². The van der Waals surface area contributed by atoms with Crippen molar-refractivity contribution < 1.29 is 17.6 Å². The maximum atomic E-state index is 13.7. The van der Waals surface area contributed by atoms with Crippen LogP contribution in [0.1, 0.15) is 24.0 Å². The molecule has 1 aliphatic heterocycles. The number of anilines is 1.